The SMILES string of the molecule is CN(C)C[C@@H]1C(c2cc(O)cc(F)c2)=C[C@H]2CC[C@@H]1C2. The third kappa shape index (κ3) is 2.59. The minimum absolute atomic E-state index is 0.0161. The molecule has 0 aromatic heterocycles. The number of aromatic hydroxyl groups is 1. The summed E-state index contributed by atoms with van der Waals surface area (Å²) in [6.45, 7) is 0.987. The van der Waals surface area contributed by atoms with Crippen LogP contribution in [0.1, 0.15) is 24.8 Å². The molecule has 2 aliphatic carbocycles. The molecule has 1 fully saturated rings. The maximum Gasteiger partial charge on any atom is 0.127 e. The highest BCUT2D eigenvalue weighted by Crippen LogP contribution is 2.48. The van der Waals surface area contributed by atoms with Crippen LogP contribution in [0.25, 0.3) is 5.57 Å². The Morgan fingerprint density at radius 1 is 1.25 bits per heavy atom. The molecule has 3 rings (SSSR count). The standard InChI is InChI=1S/C17H22FNO/c1-19(2)10-17-12-4-3-11(5-12)6-16(17)13-7-14(18)9-15(20)8-13/h6-9,11-12,17,20H,3-5,10H2,1-2H3/t11-,12+,17-/m0/s1. The molecule has 1 aromatic carbocycles. The van der Waals surface area contributed by atoms with Crippen LogP contribution in [0.15, 0.2) is 24.3 Å². The highest BCUT2D eigenvalue weighted by atomic mass is 19.1. The number of fused-ring (bicyclic) bond motifs is 2. The van der Waals surface area contributed by atoms with Gasteiger partial charge in [-0.1, -0.05) is 6.08 Å². The van der Waals surface area contributed by atoms with E-state index in [-0.39, 0.29) is 11.6 Å². The Labute approximate surface area is 119 Å². The van der Waals surface area contributed by atoms with Gasteiger partial charge in [0.15, 0.2) is 0 Å². The Morgan fingerprint density at radius 2 is 2.05 bits per heavy atom. The molecular formula is C17H22FNO. The Kier molecular flexibility index (Phi) is 3.55. The zero-order valence-corrected chi connectivity index (χ0v) is 12.1. The van der Waals surface area contributed by atoms with Crippen molar-refractivity contribution >= 4 is 5.57 Å². The van der Waals surface area contributed by atoms with Crippen LogP contribution in [0, 0.1) is 23.6 Å². The zero-order valence-electron chi connectivity index (χ0n) is 12.1. The lowest BCUT2D eigenvalue weighted by Crippen LogP contribution is -2.29. The van der Waals surface area contributed by atoms with E-state index < -0.39 is 0 Å². The average Bonchev–Trinajstić information content (AvgIpc) is 2.74. The minimum Gasteiger partial charge on any atom is -0.508 e. The second-order valence-electron chi connectivity index (χ2n) is 6.52. The van der Waals surface area contributed by atoms with E-state index >= 15 is 0 Å². The number of hydrogen-bond donors (Lipinski definition) is 1. The second kappa shape index (κ2) is 5.21. The highest BCUT2D eigenvalue weighted by molar-refractivity contribution is 5.70. The highest BCUT2D eigenvalue weighted by Gasteiger charge is 2.37. The van der Waals surface area contributed by atoms with Crippen LogP contribution in [0.3, 0.4) is 0 Å². The normalized spacial score (nSPS) is 28.8. The fourth-order valence-corrected chi connectivity index (χ4v) is 3.89. The van der Waals surface area contributed by atoms with Crippen LogP contribution in [0.4, 0.5) is 4.39 Å². The first-order valence-electron chi connectivity index (χ1n) is 7.39. The van der Waals surface area contributed by atoms with Gasteiger partial charge in [-0.25, -0.2) is 4.39 Å². The van der Waals surface area contributed by atoms with Crippen molar-refractivity contribution in [3.8, 4) is 5.75 Å². The van der Waals surface area contributed by atoms with Gasteiger partial charge in [0.1, 0.15) is 11.6 Å². The number of nitrogens with zero attached hydrogens (tertiary/aromatic N) is 1. The molecule has 2 aliphatic rings. The first-order valence-corrected chi connectivity index (χ1v) is 7.39. The van der Waals surface area contributed by atoms with E-state index in [0.717, 1.165) is 12.1 Å². The third-order valence-electron chi connectivity index (χ3n) is 4.68. The second-order valence-corrected chi connectivity index (χ2v) is 6.52. The van der Waals surface area contributed by atoms with Gasteiger partial charge in [-0.2, -0.15) is 0 Å². The maximum atomic E-state index is 13.6. The predicted octanol–water partition coefficient (Wildman–Crippen LogP) is 3.52. The number of allylic oxidation sites excluding steroid dienone is 1. The predicted molar refractivity (Wildman–Crippen MR) is 78.9 cm³/mol. The van der Waals surface area contributed by atoms with E-state index in [0.29, 0.717) is 17.8 Å². The quantitative estimate of drug-likeness (QED) is 0.912. The van der Waals surface area contributed by atoms with Crippen molar-refractivity contribution in [2.75, 3.05) is 20.6 Å². The van der Waals surface area contributed by atoms with Gasteiger partial charge in [-0.15, -0.1) is 0 Å². The van der Waals surface area contributed by atoms with Gasteiger partial charge in [-0.3, -0.25) is 0 Å². The molecule has 0 amide bonds. The number of hydrogen-bond acceptors (Lipinski definition) is 2. The van der Waals surface area contributed by atoms with Gasteiger partial charge in [0.25, 0.3) is 0 Å². The molecule has 0 heterocycles. The van der Waals surface area contributed by atoms with Crippen LogP contribution < -0.4 is 0 Å². The molecule has 2 bridgehead atoms. The van der Waals surface area contributed by atoms with Gasteiger partial charge in [0.05, 0.1) is 0 Å². The van der Waals surface area contributed by atoms with Crippen molar-refractivity contribution in [3.63, 3.8) is 0 Å². The lowest BCUT2D eigenvalue weighted by atomic mass is 9.76. The molecule has 0 radical (unpaired) electrons. The Hall–Kier alpha value is -1.35. The molecule has 20 heavy (non-hydrogen) atoms. The molecule has 1 N–H and O–H groups in total. The molecule has 3 atom stereocenters. The minimum atomic E-state index is -0.359. The van der Waals surface area contributed by atoms with E-state index in [2.05, 4.69) is 25.1 Å². The molecule has 0 saturated heterocycles. The molecular weight excluding hydrogens is 253 g/mol. The van der Waals surface area contributed by atoms with E-state index in [9.17, 15) is 9.50 Å². The fourth-order valence-electron chi connectivity index (χ4n) is 3.89. The van der Waals surface area contributed by atoms with Gasteiger partial charge >= 0.3 is 0 Å². The van der Waals surface area contributed by atoms with E-state index in [1.54, 1.807) is 12.1 Å². The number of benzene rings is 1. The van der Waals surface area contributed by atoms with Crippen molar-refractivity contribution in [2.24, 2.45) is 17.8 Å². The first kappa shape index (κ1) is 13.6. The number of rotatable bonds is 3. The molecule has 0 unspecified atom stereocenters. The number of halogens is 1. The lowest BCUT2D eigenvalue weighted by Gasteiger charge is -2.32. The topological polar surface area (TPSA) is 23.5 Å². The molecule has 0 aliphatic heterocycles. The summed E-state index contributed by atoms with van der Waals surface area (Å²) in [5.41, 5.74) is 2.08. The first-order chi connectivity index (χ1) is 9.52. The Balaban J connectivity index is 1.99. The van der Waals surface area contributed by atoms with Gasteiger partial charge in [0.2, 0.25) is 0 Å². The summed E-state index contributed by atoms with van der Waals surface area (Å²) in [7, 11) is 4.17. The summed E-state index contributed by atoms with van der Waals surface area (Å²) in [6.07, 6.45) is 6.11. The molecule has 2 nitrogen and oxygen atoms in total. The van der Waals surface area contributed by atoms with Crippen molar-refractivity contribution in [1.82, 2.24) is 4.90 Å². The maximum absolute atomic E-state index is 13.6. The smallest absolute Gasteiger partial charge is 0.127 e. The molecule has 1 aromatic rings. The van der Waals surface area contributed by atoms with Gasteiger partial charge in [0, 0.05) is 12.6 Å². The van der Waals surface area contributed by atoms with E-state index in [4.69, 9.17) is 0 Å². The van der Waals surface area contributed by atoms with E-state index in [1.165, 1.54) is 30.9 Å². The average molecular weight is 275 g/mol. The zero-order chi connectivity index (χ0) is 14.3. The summed E-state index contributed by atoms with van der Waals surface area (Å²) >= 11 is 0. The summed E-state index contributed by atoms with van der Waals surface area (Å²) in [6, 6.07) is 4.42. The van der Waals surface area contributed by atoms with Gasteiger partial charge in [-0.05, 0) is 74.4 Å². The van der Waals surface area contributed by atoms with Crippen molar-refractivity contribution in [3.05, 3.63) is 35.7 Å². The summed E-state index contributed by atoms with van der Waals surface area (Å²) in [5.74, 6) is 1.45. The Bertz CT molecular complexity index is 518. The van der Waals surface area contributed by atoms with Crippen molar-refractivity contribution < 1.29 is 9.50 Å². The largest absolute Gasteiger partial charge is 0.508 e. The van der Waals surface area contributed by atoms with Crippen LogP contribution in [0.5, 0.6) is 5.75 Å². The summed E-state index contributed by atoms with van der Waals surface area (Å²) in [4.78, 5) is 2.20. The molecule has 1 saturated carbocycles. The Morgan fingerprint density at radius 3 is 2.75 bits per heavy atom. The van der Waals surface area contributed by atoms with Gasteiger partial charge < -0.3 is 10.0 Å². The van der Waals surface area contributed by atoms with Crippen LogP contribution in [-0.2, 0) is 0 Å². The summed E-state index contributed by atoms with van der Waals surface area (Å²) in [5, 5.41) is 9.66. The van der Waals surface area contributed by atoms with Crippen LogP contribution >= 0.6 is 0 Å². The molecule has 0 spiro atoms. The third-order valence-corrected chi connectivity index (χ3v) is 4.68. The number of phenols is 1. The molecule has 108 valence electrons. The van der Waals surface area contributed by atoms with Crippen molar-refractivity contribution in [2.45, 2.75) is 19.3 Å². The fraction of sp³-hybridized carbons (Fsp3) is 0.529. The van der Waals surface area contributed by atoms with E-state index in [1.807, 2.05) is 0 Å². The molecule has 3 heteroatoms. The monoisotopic (exact) mass is 275 g/mol. The van der Waals surface area contributed by atoms with Crippen LogP contribution in [-0.4, -0.2) is 30.6 Å². The lowest BCUT2D eigenvalue weighted by molar-refractivity contribution is 0.289. The summed E-state index contributed by atoms with van der Waals surface area (Å²) < 4.78 is 13.6. The van der Waals surface area contributed by atoms with Crippen molar-refractivity contribution in [1.29, 1.82) is 0 Å². The number of phenolic OH excluding ortho intramolecular Hbond substituents is 1. The van der Waals surface area contributed by atoms with Crippen LogP contribution in [0.2, 0.25) is 0 Å².